The lowest BCUT2D eigenvalue weighted by molar-refractivity contribution is 0.0687. The van der Waals surface area contributed by atoms with E-state index in [0.29, 0.717) is 36.4 Å². The number of rotatable bonds is 5. The van der Waals surface area contributed by atoms with Gasteiger partial charge in [-0.3, -0.25) is 18.9 Å². The highest BCUT2D eigenvalue weighted by Crippen LogP contribution is 2.33. The summed E-state index contributed by atoms with van der Waals surface area (Å²) in [6, 6.07) is 11.7. The first-order valence-electron chi connectivity index (χ1n) is 13.1. The number of oxazole rings is 1. The lowest BCUT2D eigenvalue weighted by atomic mass is 10.0. The Kier molecular flexibility index (Phi) is 8.21. The van der Waals surface area contributed by atoms with Crippen molar-refractivity contribution in [3.63, 3.8) is 0 Å². The fourth-order valence-electron chi connectivity index (χ4n) is 4.93. The van der Waals surface area contributed by atoms with Gasteiger partial charge in [-0.1, -0.05) is 33.7 Å². The molecule has 1 atom stereocenters. The second-order valence-corrected chi connectivity index (χ2v) is 9.84. The third-order valence-corrected chi connectivity index (χ3v) is 7.14. The number of aromatic amines is 1. The van der Waals surface area contributed by atoms with Crippen LogP contribution in [-0.4, -0.2) is 56.6 Å². The predicted molar refractivity (Wildman–Crippen MR) is 157 cm³/mol. The first-order chi connectivity index (χ1) is 21.1. The summed E-state index contributed by atoms with van der Waals surface area (Å²) >= 11 is 0. The Hall–Kier alpha value is -5.81. The van der Waals surface area contributed by atoms with E-state index in [-0.39, 0.29) is 41.2 Å². The second-order valence-electron chi connectivity index (χ2n) is 9.84. The molecule has 0 fully saturated rings. The molecule has 4 aromatic heterocycles. The number of carboxylic acids is 1. The molecule has 1 aliphatic rings. The number of H-pyrrole nitrogens is 1. The van der Waals surface area contributed by atoms with E-state index in [4.69, 9.17) is 10.2 Å². The Balaban J connectivity index is 0.000000240. The number of halogens is 1. The number of aryl methyl sites for hydroxylation is 2. The van der Waals surface area contributed by atoms with Crippen LogP contribution >= 0.6 is 12.4 Å². The van der Waals surface area contributed by atoms with Gasteiger partial charge in [0.15, 0.2) is 17.1 Å². The van der Waals surface area contributed by atoms with Gasteiger partial charge in [0, 0.05) is 25.2 Å². The number of aromatic hydroxyl groups is 1. The van der Waals surface area contributed by atoms with Crippen LogP contribution in [-0.2, 0) is 20.0 Å². The number of benzene rings is 2. The van der Waals surface area contributed by atoms with Gasteiger partial charge in [-0.15, -0.1) is 12.4 Å². The Morgan fingerprint density at radius 3 is 2.69 bits per heavy atom. The van der Waals surface area contributed by atoms with E-state index in [2.05, 4.69) is 35.3 Å². The Morgan fingerprint density at radius 2 is 1.98 bits per heavy atom. The van der Waals surface area contributed by atoms with E-state index < -0.39 is 23.5 Å². The maximum Gasteiger partial charge on any atom is 0.439 e. The van der Waals surface area contributed by atoms with Gasteiger partial charge < -0.3 is 25.7 Å². The smallest absolute Gasteiger partial charge is 0.439 e. The van der Waals surface area contributed by atoms with Gasteiger partial charge >= 0.3 is 17.5 Å². The van der Waals surface area contributed by atoms with Crippen molar-refractivity contribution in [2.45, 2.75) is 25.4 Å². The number of nitrogens with one attached hydrogen (secondary N) is 2. The van der Waals surface area contributed by atoms with E-state index in [1.165, 1.54) is 4.57 Å². The van der Waals surface area contributed by atoms with Crippen LogP contribution in [0.1, 0.15) is 50.1 Å². The van der Waals surface area contributed by atoms with Gasteiger partial charge in [0.05, 0.1) is 11.6 Å². The van der Waals surface area contributed by atoms with Crippen molar-refractivity contribution in [3.05, 3.63) is 91.6 Å². The van der Waals surface area contributed by atoms with Gasteiger partial charge in [-0.2, -0.15) is 4.52 Å². The van der Waals surface area contributed by atoms with Crippen molar-refractivity contribution >= 4 is 41.0 Å². The van der Waals surface area contributed by atoms with E-state index in [1.54, 1.807) is 19.2 Å². The predicted octanol–water partition coefficient (Wildman–Crippen LogP) is 1.30. The highest BCUT2D eigenvalue weighted by molar-refractivity contribution is 5.96. The summed E-state index contributed by atoms with van der Waals surface area (Å²) in [5.74, 6) is -3.21. The summed E-state index contributed by atoms with van der Waals surface area (Å²) in [5, 5.41) is 32.5. The third-order valence-electron chi connectivity index (χ3n) is 7.14. The van der Waals surface area contributed by atoms with Gasteiger partial charge in [-0.25, -0.2) is 19.4 Å². The number of aromatic nitrogens is 7. The van der Waals surface area contributed by atoms with Crippen molar-refractivity contribution < 1.29 is 28.7 Å². The van der Waals surface area contributed by atoms with Crippen LogP contribution in [0.5, 0.6) is 5.88 Å². The molecule has 6 aromatic rings. The van der Waals surface area contributed by atoms with Crippen LogP contribution in [0.2, 0.25) is 0 Å². The summed E-state index contributed by atoms with van der Waals surface area (Å²) in [4.78, 5) is 53.0. The Labute approximate surface area is 256 Å². The number of hydrogen-bond acceptors (Lipinski definition) is 12. The van der Waals surface area contributed by atoms with Crippen molar-refractivity contribution in [3.8, 4) is 17.3 Å². The largest absolute Gasteiger partial charge is 0.489 e. The number of fused-ring (bicyclic) bond motifs is 3. The first kappa shape index (κ1) is 30.6. The molecule has 17 nitrogen and oxygen atoms in total. The standard InChI is InChI=1S/C18H13N7O6.C9H10N2O2.ClH/c26-15(11-6-12(17(28)29)25-14(19-11)16(27)22-24-25)20-10-4-2-7-5-8(1-3-9(7)10)13-21-18(30)31-23-13;1-11-7-4-6(5-10)2-3-8(7)13-9(11)12;/h1,3,5-6,10,27H,2,4H2,(H,20,26)(H,28,29)(H,21,23,30);2-4H,5,10H2,1H3;1H/t10-;;/m0../s1. The molecule has 0 saturated heterocycles. The van der Waals surface area contributed by atoms with Crippen molar-refractivity contribution in [2.24, 2.45) is 12.8 Å². The zero-order valence-electron chi connectivity index (χ0n) is 23.3. The SMILES string of the molecule is Cl.Cn1c(=O)oc2ccc(CN)cc21.O=C(N[C@H]1CCc2cc(-c3noc(=O)[nH]3)ccc21)c1cc(C(=O)O)n2nnc(O)c2n1. The van der Waals surface area contributed by atoms with Crippen LogP contribution in [0.25, 0.3) is 28.1 Å². The van der Waals surface area contributed by atoms with Gasteiger partial charge in [0.1, 0.15) is 5.69 Å². The highest BCUT2D eigenvalue weighted by atomic mass is 35.5. The first-order valence-corrected chi connectivity index (χ1v) is 13.1. The molecular weight excluding hydrogens is 614 g/mol. The summed E-state index contributed by atoms with van der Waals surface area (Å²) in [5.41, 5.74) is 9.61. The maximum atomic E-state index is 12.8. The minimum Gasteiger partial charge on any atom is -0.489 e. The second kappa shape index (κ2) is 12.1. The Morgan fingerprint density at radius 1 is 1.18 bits per heavy atom. The number of amides is 1. The van der Waals surface area contributed by atoms with Crippen molar-refractivity contribution in [2.75, 3.05) is 0 Å². The molecule has 7 rings (SSSR count). The zero-order valence-corrected chi connectivity index (χ0v) is 24.1. The molecular formula is C27H24ClN9O8. The number of carbonyl (C=O) groups is 2. The topological polar surface area (TPSA) is 250 Å². The van der Waals surface area contributed by atoms with Crippen molar-refractivity contribution in [1.82, 2.24) is 39.8 Å². The van der Waals surface area contributed by atoms with Gasteiger partial charge in [0.25, 0.3) is 11.8 Å². The van der Waals surface area contributed by atoms with Gasteiger partial charge in [0.2, 0.25) is 5.65 Å². The van der Waals surface area contributed by atoms with E-state index >= 15 is 0 Å². The number of nitrogens with two attached hydrogens (primary N) is 1. The molecule has 232 valence electrons. The molecule has 1 aliphatic carbocycles. The van der Waals surface area contributed by atoms with Crippen LogP contribution in [0, 0.1) is 0 Å². The van der Waals surface area contributed by atoms with Crippen LogP contribution in [0.15, 0.2) is 61.0 Å². The third kappa shape index (κ3) is 5.76. The zero-order chi connectivity index (χ0) is 31.1. The number of carbonyl (C=O) groups excluding carboxylic acids is 1. The lowest BCUT2D eigenvalue weighted by Crippen LogP contribution is -2.28. The van der Waals surface area contributed by atoms with Crippen LogP contribution < -0.4 is 22.6 Å². The lowest BCUT2D eigenvalue weighted by Gasteiger charge is -2.14. The molecule has 2 aromatic carbocycles. The van der Waals surface area contributed by atoms with Crippen LogP contribution in [0.3, 0.4) is 0 Å². The molecule has 0 saturated carbocycles. The summed E-state index contributed by atoms with van der Waals surface area (Å²) in [6.07, 6.45) is 1.30. The normalized spacial score (nSPS) is 13.6. The average molecular weight is 638 g/mol. The fourth-order valence-corrected chi connectivity index (χ4v) is 4.93. The maximum absolute atomic E-state index is 12.8. The number of aromatic carboxylic acids is 1. The molecule has 0 unspecified atom stereocenters. The van der Waals surface area contributed by atoms with E-state index in [1.807, 2.05) is 24.3 Å². The number of hydrogen-bond donors (Lipinski definition) is 5. The van der Waals surface area contributed by atoms with Gasteiger partial charge in [-0.05, 0) is 47.7 Å². The quantitative estimate of drug-likeness (QED) is 0.179. The van der Waals surface area contributed by atoms with Crippen LogP contribution in [0.4, 0.5) is 0 Å². The summed E-state index contributed by atoms with van der Waals surface area (Å²) < 4.78 is 11.8. The molecule has 1 amide bonds. The molecule has 0 bridgehead atoms. The van der Waals surface area contributed by atoms with E-state index in [0.717, 1.165) is 32.8 Å². The average Bonchev–Trinajstić information content (AvgIpc) is 3.79. The minimum absolute atomic E-state index is 0. The molecule has 18 heteroatoms. The number of nitrogens with zero attached hydrogens (tertiary/aromatic N) is 6. The molecule has 0 spiro atoms. The molecule has 4 heterocycles. The molecule has 45 heavy (non-hydrogen) atoms. The molecule has 0 aliphatic heterocycles. The summed E-state index contributed by atoms with van der Waals surface area (Å²) in [6.45, 7) is 0.468. The molecule has 6 N–H and O–H groups in total. The molecule has 0 radical (unpaired) electrons. The van der Waals surface area contributed by atoms with E-state index in [9.17, 15) is 29.4 Å². The minimum atomic E-state index is -1.35. The number of carboxylic acid groups (broad SMARTS) is 1. The van der Waals surface area contributed by atoms with Crippen molar-refractivity contribution in [1.29, 1.82) is 0 Å². The monoisotopic (exact) mass is 637 g/mol. The Bertz CT molecular complexity index is 2200. The fraction of sp³-hybridized carbons (Fsp3) is 0.185. The highest BCUT2D eigenvalue weighted by Gasteiger charge is 2.27. The summed E-state index contributed by atoms with van der Waals surface area (Å²) in [7, 11) is 1.68.